The van der Waals surface area contributed by atoms with Gasteiger partial charge >= 0.3 is 0 Å². The van der Waals surface area contributed by atoms with E-state index < -0.39 is 5.82 Å². The van der Waals surface area contributed by atoms with Crippen molar-refractivity contribution < 1.29 is 19.1 Å². The van der Waals surface area contributed by atoms with E-state index >= 15 is 0 Å². The van der Waals surface area contributed by atoms with Gasteiger partial charge in [-0.25, -0.2) is 4.39 Å². The first-order valence-electron chi connectivity index (χ1n) is 5.56. The summed E-state index contributed by atoms with van der Waals surface area (Å²) in [7, 11) is 0. The highest BCUT2D eigenvalue weighted by molar-refractivity contribution is 5.99. The Bertz CT molecular complexity index is 422. The lowest BCUT2D eigenvalue weighted by atomic mass is 10.2. The monoisotopic (exact) mass is 256 g/mol. The third-order valence-electron chi connectivity index (χ3n) is 2.12. The van der Waals surface area contributed by atoms with Crippen molar-refractivity contribution in [1.82, 2.24) is 0 Å². The Kier molecular flexibility index (Phi) is 5.38. The van der Waals surface area contributed by atoms with E-state index in [0.29, 0.717) is 19.0 Å². The van der Waals surface area contributed by atoms with Gasteiger partial charge in [0, 0.05) is 0 Å². The van der Waals surface area contributed by atoms with E-state index in [9.17, 15) is 4.39 Å². The van der Waals surface area contributed by atoms with Gasteiger partial charge < -0.3 is 20.4 Å². The lowest BCUT2D eigenvalue weighted by Crippen LogP contribution is -2.17. The topological polar surface area (TPSA) is 77.1 Å². The van der Waals surface area contributed by atoms with E-state index in [1.807, 2.05) is 13.8 Å². The first kappa shape index (κ1) is 14.2. The lowest BCUT2D eigenvalue weighted by molar-refractivity contribution is 0.0552. The number of nitrogens with two attached hydrogens (primary N) is 1. The van der Waals surface area contributed by atoms with Crippen LogP contribution >= 0.6 is 0 Å². The van der Waals surface area contributed by atoms with Gasteiger partial charge in [0.1, 0.15) is 18.2 Å². The molecule has 0 amide bonds. The molecule has 0 aliphatic rings. The Balaban J connectivity index is 2.70. The van der Waals surface area contributed by atoms with E-state index in [0.717, 1.165) is 6.07 Å². The maximum absolute atomic E-state index is 13.1. The van der Waals surface area contributed by atoms with Gasteiger partial charge in [-0.3, -0.25) is 0 Å². The van der Waals surface area contributed by atoms with Crippen molar-refractivity contribution in [2.24, 2.45) is 10.9 Å². The molecule has 0 fully saturated rings. The summed E-state index contributed by atoms with van der Waals surface area (Å²) >= 11 is 0. The summed E-state index contributed by atoms with van der Waals surface area (Å²) < 4.78 is 23.8. The first-order valence-corrected chi connectivity index (χ1v) is 5.56. The smallest absolute Gasteiger partial charge is 0.173 e. The van der Waals surface area contributed by atoms with Crippen LogP contribution in [0.5, 0.6) is 5.75 Å². The number of amidine groups is 1. The number of hydrogen-bond donors (Lipinski definition) is 2. The maximum Gasteiger partial charge on any atom is 0.173 e. The van der Waals surface area contributed by atoms with Crippen molar-refractivity contribution >= 4 is 5.84 Å². The van der Waals surface area contributed by atoms with Crippen LogP contribution < -0.4 is 10.5 Å². The second-order valence-corrected chi connectivity index (χ2v) is 3.89. The third kappa shape index (κ3) is 4.21. The molecule has 1 aromatic rings. The molecule has 1 rings (SSSR count). The van der Waals surface area contributed by atoms with Gasteiger partial charge in [-0.05, 0) is 32.0 Å². The van der Waals surface area contributed by atoms with Crippen molar-refractivity contribution in [1.29, 1.82) is 0 Å². The zero-order chi connectivity index (χ0) is 13.5. The van der Waals surface area contributed by atoms with Crippen LogP contribution in [0.15, 0.2) is 23.4 Å². The summed E-state index contributed by atoms with van der Waals surface area (Å²) in [5.41, 5.74) is 5.65. The number of hydrogen-bond acceptors (Lipinski definition) is 4. The predicted octanol–water partition coefficient (Wildman–Crippen LogP) is 1.72. The molecule has 1 aromatic carbocycles. The molecular weight excluding hydrogens is 239 g/mol. The van der Waals surface area contributed by atoms with Crippen LogP contribution in [0.1, 0.15) is 19.4 Å². The molecule has 0 saturated heterocycles. The molecule has 0 aromatic heterocycles. The van der Waals surface area contributed by atoms with Crippen LogP contribution in [0.4, 0.5) is 4.39 Å². The molecule has 5 nitrogen and oxygen atoms in total. The number of oxime groups is 1. The van der Waals surface area contributed by atoms with Gasteiger partial charge in [0.25, 0.3) is 0 Å². The average Bonchev–Trinajstić information content (AvgIpc) is 2.34. The fraction of sp³-hybridized carbons (Fsp3) is 0.417. The van der Waals surface area contributed by atoms with Gasteiger partial charge in [0.15, 0.2) is 5.84 Å². The van der Waals surface area contributed by atoms with Crippen LogP contribution in [-0.4, -0.2) is 30.4 Å². The Hall–Kier alpha value is -1.82. The highest BCUT2D eigenvalue weighted by Gasteiger charge is 2.10. The number of benzene rings is 1. The minimum Gasteiger partial charge on any atom is -0.490 e. The molecule has 0 heterocycles. The molecule has 0 atom stereocenters. The molecule has 0 aliphatic heterocycles. The standard InChI is InChI=1S/C12H17FN2O3/c1-8(2)17-5-6-18-11-4-3-9(13)7-10(11)12(14)15-16/h3-4,7-8,16H,5-6H2,1-2H3,(H2,14,15). The SMILES string of the molecule is CC(C)OCCOc1ccc(F)cc1C(N)=NO. The van der Waals surface area contributed by atoms with E-state index in [1.54, 1.807) is 0 Å². The lowest BCUT2D eigenvalue weighted by Gasteiger charge is -2.12. The molecule has 0 unspecified atom stereocenters. The molecular formula is C12H17FN2O3. The Labute approximate surface area is 105 Å². The van der Waals surface area contributed by atoms with Gasteiger partial charge in [-0.15, -0.1) is 0 Å². The second kappa shape index (κ2) is 6.80. The Morgan fingerprint density at radius 1 is 1.44 bits per heavy atom. The number of ether oxygens (including phenoxy) is 2. The second-order valence-electron chi connectivity index (χ2n) is 3.89. The normalized spacial score (nSPS) is 11.9. The van der Waals surface area contributed by atoms with Crippen LogP contribution in [0.2, 0.25) is 0 Å². The zero-order valence-electron chi connectivity index (χ0n) is 10.4. The summed E-state index contributed by atoms with van der Waals surface area (Å²) in [6, 6.07) is 3.82. The highest BCUT2D eigenvalue weighted by atomic mass is 19.1. The van der Waals surface area contributed by atoms with Crippen LogP contribution in [0, 0.1) is 5.82 Å². The van der Waals surface area contributed by atoms with Crippen molar-refractivity contribution in [3.63, 3.8) is 0 Å². The van der Waals surface area contributed by atoms with Gasteiger partial charge in [-0.2, -0.15) is 0 Å². The fourth-order valence-corrected chi connectivity index (χ4v) is 1.32. The zero-order valence-corrected chi connectivity index (χ0v) is 10.4. The summed E-state index contributed by atoms with van der Waals surface area (Å²) in [4.78, 5) is 0. The molecule has 0 spiro atoms. The molecule has 3 N–H and O–H groups in total. The van der Waals surface area contributed by atoms with Crippen molar-refractivity contribution in [2.75, 3.05) is 13.2 Å². The van der Waals surface area contributed by atoms with Crippen molar-refractivity contribution in [3.05, 3.63) is 29.6 Å². The van der Waals surface area contributed by atoms with Crippen molar-refractivity contribution in [3.8, 4) is 5.75 Å². The van der Waals surface area contributed by atoms with E-state index in [-0.39, 0.29) is 17.5 Å². The van der Waals surface area contributed by atoms with Crippen molar-refractivity contribution in [2.45, 2.75) is 20.0 Å². The molecule has 6 heteroatoms. The minimum absolute atomic E-state index is 0.116. The number of rotatable bonds is 6. The minimum atomic E-state index is -0.484. The summed E-state index contributed by atoms with van der Waals surface area (Å²) in [6.45, 7) is 4.54. The average molecular weight is 256 g/mol. The fourth-order valence-electron chi connectivity index (χ4n) is 1.32. The molecule has 0 saturated carbocycles. The quantitative estimate of drug-likeness (QED) is 0.267. The predicted molar refractivity (Wildman–Crippen MR) is 65.5 cm³/mol. The molecule has 0 aliphatic carbocycles. The number of halogens is 1. The van der Waals surface area contributed by atoms with Crippen LogP contribution in [0.25, 0.3) is 0 Å². The summed E-state index contributed by atoms with van der Waals surface area (Å²) in [5.74, 6) is -0.337. The molecule has 0 radical (unpaired) electrons. The van der Waals surface area contributed by atoms with Gasteiger partial charge in [0.2, 0.25) is 0 Å². The summed E-state index contributed by atoms with van der Waals surface area (Å²) in [6.07, 6.45) is 0.116. The van der Waals surface area contributed by atoms with Crippen LogP contribution in [0.3, 0.4) is 0 Å². The number of nitrogens with zero attached hydrogens (tertiary/aromatic N) is 1. The van der Waals surface area contributed by atoms with E-state index in [4.69, 9.17) is 20.4 Å². The molecule has 0 bridgehead atoms. The highest BCUT2D eigenvalue weighted by Crippen LogP contribution is 2.19. The first-order chi connectivity index (χ1) is 8.54. The molecule has 18 heavy (non-hydrogen) atoms. The van der Waals surface area contributed by atoms with E-state index in [2.05, 4.69) is 5.16 Å². The van der Waals surface area contributed by atoms with Gasteiger partial charge in [-0.1, -0.05) is 5.16 Å². The largest absolute Gasteiger partial charge is 0.490 e. The van der Waals surface area contributed by atoms with Gasteiger partial charge in [0.05, 0.1) is 18.3 Å². The van der Waals surface area contributed by atoms with E-state index in [1.165, 1.54) is 12.1 Å². The summed E-state index contributed by atoms with van der Waals surface area (Å²) in [5, 5.41) is 11.4. The third-order valence-corrected chi connectivity index (χ3v) is 2.12. The molecule has 100 valence electrons. The Morgan fingerprint density at radius 2 is 2.17 bits per heavy atom. The van der Waals surface area contributed by atoms with Crippen LogP contribution in [-0.2, 0) is 4.74 Å². The maximum atomic E-state index is 13.1. The Morgan fingerprint density at radius 3 is 2.78 bits per heavy atom.